The number of benzene rings is 1. The lowest BCUT2D eigenvalue weighted by atomic mass is 9.90. The average Bonchev–Trinajstić information content (AvgIpc) is 3.69. The molecular weight excluding hydrogens is 620 g/mol. The topological polar surface area (TPSA) is 143 Å². The van der Waals surface area contributed by atoms with Crippen LogP contribution in [0.15, 0.2) is 52.7 Å². The Balaban J connectivity index is 0.000000513. The lowest BCUT2D eigenvalue weighted by Gasteiger charge is -2.19. The summed E-state index contributed by atoms with van der Waals surface area (Å²) in [6, 6.07) is 4.05. The number of alkyl halides is 6. The van der Waals surface area contributed by atoms with Crippen molar-refractivity contribution < 1.29 is 40.7 Å². The quantitative estimate of drug-likeness (QED) is 0.103. The number of nitrogens with two attached hydrogens (primary N) is 1. The Bertz CT molecular complexity index is 1260. The summed E-state index contributed by atoms with van der Waals surface area (Å²) in [4.78, 5) is 49.4. The van der Waals surface area contributed by atoms with Crippen LogP contribution in [0.5, 0.6) is 0 Å². The van der Waals surface area contributed by atoms with Crippen LogP contribution in [0.25, 0.3) is 0 Å². The molecule has 15 heteroatoms. The fourth-order valence-corrected chi connectivity index (χ4v) is 5.09. The summed E-state index contributed by atoms with van der Waals surface area (Å²) in [5, 5.41) is 8.19. The van der Waals surface area contributed by atoms with Crippen molar-refractivity contribution in [2.24, 2.45) is 33.7 Å². The number of nitrogens with zero attached hydrogens (tertiary/aromatic N) is 2. The van der Waals surface area contributed by atoms with Crippen molar-refractivity contribution in [1.82, 2.24) is 0 Å². The van der Waals surface area contributed by atoms with E-state index >= 15 is 0 Å². The van der Waals surface area contributed by atoms with Crippen LogP contribution in [-0.4, -0.2) is 55.7 Å². The third-order valence-electron chi connectivity index (χ3n) is 7.33. The van der Waals surface area contributed by atoms with Crippen molar-refractivity contribution in [2.45, 2.75) is 77.2 Å². The minimum Gasteiger partial charge on any atom is -0.386 e. The van der Waals surface area contributed by atoms with Crippen LogP contribution in [0.3, 0.4) is 0 Å². The van der Waals surface area contributed by atoms with Crippen molar-refractivity contribution in [3.05, 3.63) is 47.4 Å². The van der Waals surface area contributed by atoms with Crippen molar-refractivity contribution >= 4 is 40.8 Å². The van der Waals surface area contributed by atoms with E-state index in [1.807, 2.05) is 19.9 Å². The predicted molar refractivity (Wildman–Crippen MR) is 166 cm³/mol. The Morgan fingerprint density at radius 1 is 0.978 bits per heavy atom. The average molecular weight is 662 g/mol. The normalized spacial score (nSPS) is 21.4. The summed E-state index contributed by atoms with van der Waals surface area (Å²) in [6.07, 6.45) is -1.87. The number of hydrogen-bond donors (Lipinski definition) is 3. The van der Waals surface area contributed by atoms with E-state index in [9.17, 15) is 45.6 Å². The first-order chi connectivity index (χ1) is 21.5. The molecule has 2 aliphatic rings. The molecule has 0 heterocycles. The second-order valence-electron chi connectivity index (χ2n) is 10.7. The highest BCUT2D eigenvalue weighted by atomic mass is 19.4. The van der Waals surface area contributed by atoms with E-state index < -0.39 is 53.6 Å². The highest BCUT2D eigenvalue weighted by Crippen LogP contribution is 2.38. The van der Waals surface area contributed by atoms with Crippen LogP contribution in [-0.2, 0) is 14.4 Å². The van der Waals surface area contributed by atoms with Gasteiger partial charge in [0.05, 0.1) is 17.3 Å². The molecule has 0 spiro atoms. The molecule has 2 saturated carbocycles. The van der Waals surface area contributed by atoms with E-state index in [1.165, 1.54) is 0 Å². The summed E-state index contributed by atoms with van der Waals surface area (Å²) in [6.45, 7) is 7.88. The van der Waals surface area contributed by atoms with Gasteiger partial charge in [-0.3, -0.25) is 19.4 Å². The zero-order valence-corrected chi connectivity index (χ0v) is 26.0. The smallest absolute Gasteiger partial charge is 0.386 e. The van der Waals surface area contributed by atoms with Crippen molar-refractivity contribution in [3.8, 4) is 0 Å². The molecule has 2 aliphatic carbocycles. The van der Waals surface area contributed by atoms with Gasteiger partial charge in [-0.2, -0.15) is 31.2 Å². The first-order valence-corrected chi connectivity index (χ1v) is 14.7. The molecule has 0 radical (unpaired) electrons. The number of ketones is 2. The molecule has 46 heavy (non-hydrogen) atoms. The Morgan fingerprint density at radius 2 is 1.52 bits per heavy atom. The number of carbonyl (C=O) groups is 3. The number of hydrogen-bond acceptors (Lipinski definition) is 8. The number of rotatable bonds is 10. The molecule has 1 aromatic carbocycles. The van der Waals surface area contributed by atoms with Crippen LogP contribution >= 0.6 is 0 Å². The fourth-order valence-electron chi connectivity index (χ4n) is 5.09. The monoisotopic (exact) mass is 661 g/mol. The van der Waals surface area contributed by atoms with Gasteiger partial charge in [-0.05, 0) is 62.8 Å². The van der Waals surface area contributed by atoms with Gasteiger partial charge in [0, 0.05) is 37.3 Å². The Labute approximate surface area is 264 Å². The molecule has 9 nitrogen and oxygen atoms in total. The number of allylic oxidation sites excluding steroid dienone is 2. The van der Waals surface area contributed by atoms with Gasteiger partial charge in [0.2, 0.25) is 17.5 Å². The van der Waals surface area contributed by atoms with Gasteiger partial charge in [0.15, 0.2) is 0 Å². The molecule has 4 unspecified atom stereocenters. The number of carbonyl (C=O) groups excluding carboxylic acids is 3. The minimum atomic E-state index is -4.92. The molecule has 4 atom stereocenters. The summed E-state index contributed by atoms with van der Waals surface area (Å²) in [5.41, 5.74) is 7.65. The Hall–Kier alpha value is -3.88. The molecule has 1 amide bonds. The largest absolute Gasteiger partial charge is 0.450 e. The number of amides is 1. The molecule has 0 bridgehead atoms. The van der Waals surface area contributed by atoms with Crippen molar-refractivity contribution in [3.63, 3.8) is 0 Å². The number of nitroso groups, excluding NO2 is 1. The van der Waals surface area contributed by atoms with Gasteiger partial charge in [0.1, 0.15) is 6.04 Å². The Morgan fingerprint density at radius 3 is 2.04 bits per heavy atom. The van der Waals surface area contributed by atoms with Crippen molar-refractivity contribution in [2.75, 3.05) is 24.2 Å². The molecule has 256 valence electrons. The third-order valence-corrected chi connectivity index (χ3v) is 7.33. The summed E-state index contributed by atoms with van der Waals surface area (Å²) >= 11 is 0. The first kappa shape index (κ1) is 40.1. The van der Waals surface area contributed by atoms with Crippen LogP contribution < -0.4 is 16.4 Å². The fraction of sp³-hybridized carbons (Fsp3) is 0.548. The van der Waals surface area contributed by atoms with E-state index in [4.69, 9.17) is 5.73 Å². The van der Waals surface area contributed by atoms with E-state index in [0.717, 1.165) is 17.7 Å². The zero-order chi connectivity index (χ0) is 35.1. The van der Waals surface area contributed by atoms with Crippen LogP contribution in [0.2, 0.25) is 0 Å². The van der Waals surface area contributed by atoms with Crippen molar-refractivity contribution in [1.29, 1.82) is 0 Å². The van der Waals surface area contributed by atoms with Gasteiger partial charge < -0.3 is 16.4 Å². The van der Waals surface area contributed by atoms with E-state index in [1.54, 1.807) is 37.5 Å². The van der Waals surface area contributed by atoms with E-state index in [0.29, 0.717) is 30.8 Å². The lowest BCUT2D eigenvalue weighted by molar-refractivity contribution is -0.177. The maximum absolute atomic E-state index is 12.8. The highest BCUT2D eigenvalue weighted by molar-refractivity contribution is 5.98. The predicted octanol–water partition coefficient (Wildman–Crippen LogP) is 7.46. The number of aliphatic imine (C=N–C) groups is 1. The summed E-state index contributed by atoms with van der Waals surface area (Å²) in [5.74, 6) is -7.73. The Kier molecular flexibility index (Phi) is 16.5. The highest BCUT2D eigenvalue weighted by Gasteiger charge is 2.50. The number of anilines is 2. The zero-order valence-electron chi connectivity index (χ0n) is 26.0. The molecule has 0 saturated heterocycles. The van der Waals surface area contributed by atoms with Gasteiger partial charge in [-0.1, -0.05) is 37.1 Å². The lowest BCUT2D eigenvalue weighted by Crippen LogP contribution is -2.37. The molecule has 0 aliphatic heterocycles. The number of nitrogens with one attached hydrogen (secondary N) is 2. The maximum atomic E-state index is 12.8. The van der Waals surface area contributed by atoms with Crippen LogP contribution in [0.4, 0.5) is 43.4 Å². The molecule has 2 fully saturated rings. The molecule has 3 rings (SSSR count). The van der Waals surface area contributed by atoms with Gasteiger partial charge in [0.25, 0.3) is 0 Å². The molecule has 4 N–H and O–H groups in total. The standard InChI is InChI=1S/C21H26F3N3O2.C7H8F3NO2.C3H7N/c1-4-6-13(2)12-26-18-11-14(9-10-17(18)25-3)27-20(29)16-8-5-7-15(16)19(28)21(22,23)24;8-7(9,10)6(12)4-2-1-3-5(4)11-13;1-2-3-4/h6,9-12,15-16,25H,4-5,7-8H2,1-3H3,(H,27,29);4-5H,1-3H2;2H,1,3-4H2/b13-6+,26-12?;;. The minimum absolute atomic E-state index is 0.0771. The first-order valence-electron chi connectivity index (χ1n) is 14.7. The number of Topliss-reactive ketones (excluding diaryl/α,β-unsaturated/α-hetero) is 2. The molecule has 1 aromatic rings. The van der Waals surface area contributed by atoms with Gasteiger partial charge >= 0.3 is 12.4 Å². The summed E-state index contributed by atoms with van der Waals surface area (Å²) in [7, 11) is 1.74. The molecular formula is C31H41F6N5O4. The van der Waals surface area contributed by atoms with E-state index in [2.05, 4.69) is 27.4 Å². The SMILES string of the molecule is C=CCN.CC/C=C(\C)C=Nc1cc(NC(=O)C2CCCC2C(=O)C(F)(F)F)ccc1NC.O=NC1CCCC1C(=O)C(F)(F)F. The van der Waals surface area contributed by atoms with E-state index in [-0.39, 0.29) is 25.7 Å². The molecule has 0 aromatic heterocycles. The van der Waals surface area contributed by atoms with Crippen LogP contribution in [0.1, 0.15) is 58.8 Å². The third kappa shape index (κ3) is 12.5. The van der Waals surface area contributed by atoms with Gasteiger partial charge in [-0.15, -0.1) is 6.58 Å². The maximum Gasteiger partial charge on any atom is 0.450 e. The van der Waals surface area contributed by atoms with Crippen LogP contribution in [0, 0.1) is 22.7 Å². The number of halogens is 6. The second kappa shape index (κ2) is 18.9. The second-order valence-corrected chi connectivity index (χ2v) is 10.7. The summed E-state index contributed by atoms with van der Waals surface area (Å²) < 4.78 is 74.1. The van der Waals surface area contributed by atoms with Gasteiger partial charge in [-0.25, -0.2) is 0 Å².